The Bertz CT molecular complexity index is 1060. The van der Waals surface area contributed by atoms with E-state index in [1.54, 1.807) is 19.1 Å². The van der Waals surface area contributed by atoms with Crippen molar-refractivity contribution in [2.24, 2.45) is 28.3 Å². The number of aliphatic carboxylic acids is 1. The van der Waals surface area contributed by atoms with Crippen molar-refractivity contribution >= 4 is 34.9 Å². The number of nitrogens with two attached hydrogens (primary N) is 2. The van der Waals surface area contributed by atoms with Gasteiger partial charge in [-0.2, -0.15) is 0 Å². The molecule has 0 amide bonds. The van der Waals surface area contributed by atoms with E-state index in [9.17, 15) is 14.7 Å². The topological polar surface area (TPSA) is 199 Å². The Balaban J connectivity index is 1.78. The number of nitrogens with one attached hydrogen (secondary N) is 2. The van der Waals surface area contributed by atoms with E-state index in [1.807, 2.05) is 6.92 Å². The number of carbonyl (C=O) groups is 2. The Kier molecular flexibility index (Phi) is 9.22. The average Bonchev–Trinajstić information content (AvgIpc) is 3.28. The van der Waals surface area contributed by atoms with Gasteiger partial charge in [-0.25, -0.2) is 29.8 Å². The number of anilines is 1. The molecule has 1 saturated carbocycles. The lowest BCUT2D eigenvalue weighted by Gasteiger charge is -2.29. The molecule has 3 atom stereocenters. The van der Waals surface area contributed by atoms with Gasteiger partial charge in [0.15, 0.2) is 22.9 Å². The van der Waals surface area contributed by atoms with E-state index in [2.05, 4.69) is 30.8 Å². The van der Waals surface area contributed by atoms with E-state index in [1.165, 1.54) is 23.8 Å². The molecule has 198 valence electrons. The fraction of sp³-hybridized carbons (Fsp3) is 0.636. The van der Waals surface area contributed by atoms with E-state index < -0.39 is 23.9 Å². The van der Waals surface area contributed by atoms with E-state index in [-0.39, 0.29) is 25.0 Å². The van der Waals surface area contributed by atoms with Crippen LogP contribution in [-0.4, -0.2) is 75.4 Å². The Morgan fingerprint density at radius 3 is 2.64 bits per heavy atom. The van der Waals surface area contributed by atoms with Gasteiger partial charge in [0.05, 0.1) is 12.5 Å². The van der Waals surface area contributed by atoms with Gasteiger partial charge in [0.2, 0.25) is 0 Å². The molecule has 1 fully saturated rings. The number of imidazole rings is 1. The number of hydrogen-bond donors (Lipinski definition) is 5. The number of nitrogens with zero attached hydrogens (tertiary/aromatic N) is 6. The summed E-state index contributed by atoms with van der Waals surface area (Å²) < 4.78 is 7.16. The molecular formula is C22H36N10O4. The van der Waals surface area contributed by atoms with E-state index >= 15 is 0 Å². The normalized spacial score (nSPS) is 16.6. The zero-order valence-electron chi connectivity index (χ0n) is 20.9. The van der Waals surface area contributed by atoms with E-state index in [0.717, 1.165) is 25.7 Å². The molecule has 7 N–H and O–H groups in total. The maximum atomic E-state index is 13.1. The van der Waals surface area contributed by atoms with Crippen molar-refractivity contribution in [3.8, 4) is 0 Å². The van der Waals surface area contributed by atoms with Crippen LogP contribution in [0.1, 0.15) is 45.4 Å². The summed E-state index contributed by atoms with van der Waals surface area (Å²) in [7, 11) is 3.50. The van der Waals surface area contributed by atoms with Crippen LogP contribution >= 0.6 is 0 Å². The van der Waals surface area contributed by atoms with Crippen LogP contribution in [0.15, 0.2) is 17.6 Å². The largest absolute Gasteiger partial charge is 0.480 e. The van der Waals surface area contributed by atoms with Crippen LogP contribution < -0.4 is 27.3 Å². The molecule has 1 aliphatic rings. The highest BCUT2D eigenvalue weighted by Crippen LogP contribution is 2.28. The number of hydrogen-bond acceptors (Lipinski definition) is 10. The zero-order chi connectivity index (χ0) is 26.2. The van der Waals surface area contributed by atoms with Crippen molar-refractivity contribution < 1.29 is 19.4 Å². The number of carboxylic acids is 1. The standard InChI is InChI=1S/C22H36N10O4/c1-13(14-7-5-4-6-8-14)36-21(35)15(10-26-22(23)24)9-16(20(33)34)30-32-12-29-17-18(31(3)25-2)27-11-28-19(17)32/h11-16,25,30H,4-10H2,1-3H3,(H,33,34)(H4,23,24,26)/t13?,15?,16-/m1/s1. The Labute approximate surface area is 209 Å². The first-order valence-electron chi connectivity index (χ1n) is 12.1. The smallest absolute Gasteiger partial charge is 0.327 e. The molecular weight excluding hydrogens is 468 g/mol. The quantitative estimate of drug-likeness (QED) is 0.114. The molecule has 0 bridgehead atoms. The van der Waals surface area contributed by atoms with Crippen LogP contribution in [0.3, 0.4) is 0 Å². The molecule has 0 aromatic carbocycles. The number of aliphatic imine (C=N–C) groups is 1. The Hall–Kier alpha value is -3.68. The molecule has 0 spiro atoms. The van der Waals surface area contributed by atoms with Gasteiger partial charge in [0.25, 0.3) is 0 Å². The molecule has 0 radical (unpaired) electrons. The zero-order valence-corrected chi connectivity index (χ0v) is 20.9. The Morgan fingerprint density at radius 2 is 2.00 bits per heavy atom. The minimum Gasteiger partial charge on any atom is -0.480 e. The van der Waals surface area contributed by atoms with Crippen LogP contribution in [0.2, 0.25) is 0 Å². The van der Waals surface area contributed by atoms with E-state index in [4.69, 9.17) is 16.2 Å². The highest BCUT2D eigenvalue weighted by atomic mass is 16.5. The first kappa shape index (κ1) is 26.9. The van der Waals surface area contributed by atoms with Crippen molar-refractivity contribution in [1.82, 2.24) is 25.1 Å². The third kappa shape index (κ3) is 6.71. The monoisotopic (exact) mass is 504 g/mol. The number of rotatable bonds is 12. The number of carboxylic acid groups (broad SMARTS) is 1. The lowest BCUT2D eigenvalue weighted by atomic mass is 9.86. The van der Waals surface area contributed by atoms with Crippen LogP contribution in [0.4, 0.5) is 5.82 Å². The highest BCUT2D eigenvalue weighted by molar-refractivity contribution is 5.84. The predicted octanol–water partition coefficient (Wildman–Crippen LogP) is 0.185. The number of fused-ring (bicyclic) bond motifs is 1. The van der Waals surface area contributed by atoms with Crippen molar-refractivity contribution in [1.29, 1.82) is 0 Å². The van der Waals surface area contributed by atoms with Crippen LogP contribution in [0.25, 0.3) is 11.2 Å². The maximum Gasteiger partial charge on any atom is 0.327 e. The number of aromatic nitrogens is 4. The molecule has 3 rings (SSSR count). The van der Waals surface area contributed by atoms with Crippen molar-refractivity contribution in [3.63, 3.8) is 0 Å². The molecule has 14 heteroatoms. The summed E-state index contributed by atoms with van der Waals surface area (Å²) in [5, 5.41) is 11.6. The first-order valence-corrected chi connectivity index (χ1v) is 12.1. The molecule has 1 aliphatic carbocycles. The molecule has 14 nitrogen and oxygen atoms in total. The van der Waals surface area contributed by atoms with Gasteiger partial charge in [0, 0.05) is 14.1 Å². The average molecular weight is 505 g/mol. The molecule has 2 unspecified atom stereocenters. The number of esters is 1. The maximum absolute atomic E-state index is 13.1. The van der Waals surface area contributed by atoms with Crippen LogP contribution in [-0.2, 0) is 14.3 Å². The molecule has 0 aliphatic heterocycles. The molecule has 2 aromatic rings. The minimum absolute atomic E-state index is 0.0893. The van der Waals surface area contributed by atoms with Gasteiger partial charge in [-0.1, -0.05) is 19.3 Å². The number of carbonyl (C=O) groups excluding carboxylic acids is 1. The second kappa shape index (κ2) is 12.3. The van der Waals surface area contributed by atoms with Crippen LogP contribution in [0, 0.1) is 11.8 Å². The van der Waals surface area contributed by atoms with Gasteiger partial charge in [-0.15, -0.1) is 0 Å². The summed E-state index contributed by atoms with van der Waals surface area (Å²) >= 11 is 0. The minimum atomic E-state index is -1.18. The summed E-state index contributed by atoms with van der Waals surface area (Å²) in [5.74, 6) is -1.95. The van der Waals surface area contributed by atoms with Crippen molar-refractivity contribution in [3.05, 3.63) is 12.7 Å². The lowest BCUT2D eigenvalue weighted by molar-refractivity contribution is -0.156. The predicted molar refractivity (Wildman–Crippen MR) is 134 cm³/mol. The molecule has 0 saturated heterocycles. The number of hydrazine groups is 1. The SMILES string of the molecule is CNN(C)c1ncnc2c1ncn2N[C@H](CC(CN=C(N)N)C(=O)OC(C)C1CCCCC1)C(=O)O. The van der Waals surface area contributed by atoms with Crippen molar-refractivity contribution in [2.45, 2.75) is 57.6 Å². The highest BCUT2D eigenvalue weighted by Gasteiger charge is 2.32. The Morgan fingerprint density at radius 1 is 1.28 bits per heavy atom. The summed E-state index contributed by atoms with van der Waals surface area (Å²) in [5.41, 5.74) is 17.6. The third-order valence-corrected chi connectivity index (χ3v) is 6.52. The summed E-state index contributed by atoms with van der Waals surface area (Å²) in [4.78, 5) is 42.0. The fourth-order valence-electron chi connectivity index (χ4n) is 4.37. The third-order valence-electron chi connectivity index (χ3n) is 6.52. The summed E-state index contributed by atoms with van der Waals surface area (Å²) in [6.07, 6.45) is 7.81. The first-order chi connectivity index (χ1) is 17.2. The van der Waals surface area contributed by atoms with Gasteiger partial charge >= 0.3 is 11.9 Å². The molecule has 36 heavy (non-hydrogen) atoms. The second-order valence-corrected chi connectivity index (χ2v) is 9.02. The second-order valence-electron chi connectivity index (χ2n) is 9.02. The fourth-order valence-corrected chi connectivity index (χ4v) is 4.37. The van der Waals surface area contributed by atoms with E-state index in [0.29, 0.717) is 22.9 Å². The number of guanidine groups is 1. The number of ether oxygens (including phenoxy) is 1. The van der Waals surface area contributed by atoms with Gasteiger partial charge in [-0.3, -0.25) is 14.8 Å². The van der Waals surface area contributed by atoms with Gasteiger partial charge in [0.1, 0.15) is 24.8 Å². The van der Waals surface area contributed by atoms with Gasteiger partial charge in [-0.05, 0) is 32.1 Å². The molecule has 2 aromatic heterocycles. The summed E-state index contributed by atoms with van der Waals surface area (Å²) in [6, 6.07) is -1.18. The van der Waals surface area contributed by atoms with Gasteiger partial charge < -0.3 is 26.7 Å². The molecule has 2 heterocycles. The summed E-state index contributed by atoms with van der Waals surface area (Å²) in [6.45, 7) is 1.80. The lowest BCUT2D eigenvalue weighted by Crippen LogP contribution is -2.40. The van der Waals surface area contributed by atoms with Crippen LogP contribution in [0.5, 0.6) is 0 Å². The van der Waals surface area contributed by atoms with Crippen molar-refractivity contribution in [2.75, 3.05) is 31.1 Å².